The number of hydrogen-bond donors (Lipinski definition) is 4. The van der Waals surface area contributed by atoms with Gasteiger partial charge in [-0.25, -0.2) is 0 Å². The summed E-state index contributed by atoms with van der Waals surface area (Å²) >= 11 is 0. The molecule has 0 aromatic carbocycles. The van der Waals surface area contributed by atoms with Gasteiger partial charge < -0.3 is 23.3 Å². The van der Waals surface area contributed by atoms with Crippen LogP contribution in [-0.2, 0) is 9.59 Å². The Hall–Kier alpha value is 0.0200. The van der Waals surface area contributed by atoms with Gasteiger partial charge in [0.05, 0.1) is 0 Å². The maximum Gasteiger partial charge on any atom is 1.00 e. The van der Waals surface area contributed by atoms with Crippen LogP contribution in [-0.4, -0.2) is 32.0 Å². The monoisotopic (exact) mass is 220 g/mol. The molecule has 0 radical (unpaired) electrons. The van der Waals surface area contributed by atoms with Crippen LogP contribution in [0.2, 0.25) is 0 Å². The van der Waals surface area contributed by atoms with Crippen LogP contribution in [0.25, 0.3) is 0 Å². The van der Waals surface area contributed by atoms with E-state index in [0.29, 0.717) is 0 Å². The average Bonchev–Trinajstić information content (AvgIpc) is 2.08. The van der Waals surface area contributed by atoms with Crippen molar-refractivity contribution in [3.8, 4) is 0 Å². The Morgan fingerprint density at radius 3 is 0.929 bits per heavy atom. The minimum atomic E-state index is -1.38. The van der Waals surface area contributed by atoms with Crippen LogP contribution >= 0.6 is 0 Å². The Balaban J connectivity index is -0.000000180. The van der Waals surface area contributed by atoms with Crippen molar-refractivity contribution in [1.82, 2.24) is 0 Å². The average molecular weight is 220 g/mol. The largest absolute Gasteiger partial charge is 1.00 e. The fraction of sp³-hybridized carbons (Fsp3) is 0. The summed E-state index contributed by atoms with van der Waals surface area (Å²) in [6.45, 7) is 0. The predicted molar refractivity (Wildman–Crippen MR) is 36.8 cm³/mol. The number of carbonyl (C=O) groups is 2. The first kappa shape index (κ1) is 16.4. The molecule has 0 spiro atoms. The first-order chi connectivity index (χ1) is 5.46. The second kappa shape index (κ2) is 5.79. The number of aliphatic hydroxyl groups is 4. The molecule has 0 bridgehead atoms. The Morgan fingerprint density at radius 2 is 0.786 bits per heavy atom. The van der Waals surface area contributed by atoms with E-state index in [-0.39, 0.29) is 62.0 Å². The maximum absolute atomic E-state index is 10.6. The van der Waals surface area contributed by atoms with E-state index in [1.165, 1.54) is 0 Å². The molecule has 6 nitrogen and oxygen atoms in total. The zero-order valence-corrected chi connectivity index (χ0v) is 11.6. The van der Waals surface area contributed by atoms with Gasteiger partial charge in [-0.15, -0.1) is 0 Å². The van der Waals surface area contributed by atoms with E-state index in [9.17, 15) is 9.59 Å². The molecule has 0 saturated heterocycles. The van der Waals surface area contributed by atoms with Crippen LogP contribution in [0.5, 0.6) is 0 Å². The van der Waals surface area contributed by atoms with Gasteiger partial charge in [0.2, 0.25) is 23.0 Å². The quantitative estimate of drug-likeness (QED) is 0.238. The molecule has 0 fully saturated rings. The van der Waals surface area contributed by atoms with Gasteiger partial charge >= 0.3 is 59.1 Å². The number of ketones is 2. The molecule has 0 atom stereocenters. The van der Waals surface area contributed by atoms with E-state index in [2.05, 4.69) is 0 Å². The standard InChI is InChI=1S/C6H4O6.2Na.2H/c7-1-2(8)4(10)6(12)5(11)3(1)9;;;;/h7-8,11-12H;;;;/q;2*+1;2*-1. The minimum Gasteiger partial charge on any atom is -1.00 e. The minimum absolute atomic E-state index is 0. The van der Waals surface area contributed by atoms with Crippen molar-refractivity contribution >= 4 is 11.6 Å². The van der Waals surface area contributed by atoms with Crippen LogP contribution in [0.15, 0.2) is 23.0 Å². The molecule has 1 aliphatic rings. The molecular formula is C6H6Na2O6. The van der Waals surface area contributed by atoms with E-state index >= 15 is 0 Å². The van der Waals surface area contributed by atoms with Crippen molar-refractivity contribution in [2.24, 2.45) is 0 Å². The third kappa shape index (κ3) is 2.53. The molecule has 0 aliphatic heterocycles. The fourth-order valence-electron chi connectivity index (χ4n) is 0.654. The molecule has 0 aromatic heterocycles. The summed E-state index contributed by atoms with van der Waals surface area (Å²) in [4.78, 5) is 21.2. The zero-order valence-electron chi connectivity index (χ0n) is 9.61. The van der Waals surface area contributed by atoms with Crippen molar-refractivity contribution in [1.29, 1.82) is 0 Å². The van der Waals surface area contributed by atoms with Gasteiger partial charge in [0.25, 0.3) is 11.6 Å². The SMILES string of the molecule is O=C1C(O)=C(O)C(=O)C(O)=C1O.[H-].[H-].[Na+].[Na+]. The normalized spacial score (nSPS) is 16.3. The van der Waals surface area contributed by atoms with Gasteiger partial charge in [-0.1, -0.05) is 0 Å². The summed E-state index contributed by atoms with van der Waals surface area (Å²) in [7, 11) is 0. The second-order valence-electron chi connectivity index (χ2n) is 2.05. The summed E-state index contributed by atoms with van der Waals surface area (Å²) in [6.07, 6.45) is 0. The number of rotatable bonds is 0. The third-order valence-corrected chi connectivity index (χ3v) is 1.31. The van der Waals surface area contributed by atoms with Crippen LogP contribution < -0.4 is 59.1 Å². The summed E-state index contributed by atoms with van der Waals surface area (Å²) < 4.78 is 0. The van der Waals surface area contributed by atoms with Gasteiger partial charge in [-0.2, -0.15) is 0 Å². The number of Topliss-reactive ketones (excluding diaryl/α,β-unsaturated/α-hetero) is 2. The maximum atomic E-state index is 10.6. The molecule has 1 rings (SSSR count). The van der Waals surface area contributed by atoms with Gasteiger partial charge in [0.1, 0.15) is 0 Å². The van der Waals surface area contributed by atoms with E-state index in [1.807, 2.05) is 0 Å². The number of hydrogen-bond acceptors (Lipinski definition) is 6. The van der Waals surface area contributed by atoms with Gasteiger partial charge in [-0.3, -0.25) is 9.59 Å². The summed E-state index contributed by atoms with van der Waals surface area (Å²) in [5, 5.41) is 34.6. The molecule has 14 heavy (non-hydrogen) atoms. The molecule has 68 valence electrons. The third-order valence-electron chi connectivity index (χ3n) is 1.31. The van der Waals surface area contributed by atoms with Crippen molar-refractivity contribution < 1.29 is 92.0 Å². The van der Waals surface area contributed by atoms with Gasteiger partial charge in [-0.05, 0) is 0 Å². The molecule has 8 heteroatoms. The molecule has 0 unspecified atom stereocenters. The van der Waals surface area contributed by atoms with E-state index < -0.39 is 34.6 Å². The molecule has 0 saturated carbocycles. The smallest absolute Gasteiger partial charge is 1.00 e. The van der Waals surface area contributed by atoms with Crippen LogP contribution in [0, 0.1) is 0 Å². The van der Waals surface area contributed by atoms with Crippen LogP contribution in [0.4, 0.5) is 0 Å². The van der Waals surface area contributed by atoms with Gasteiger partial charge in [0.15, 0.2) is 0 Å². The molecule has 4 N–H and O–H groups in total. The number of carbonyl (C=O) groups excluding carboxylic acids is 2. The molecular weight excluding hydrogens is 214 g/mol. The molecule has 0 aromatic rings. The zero-order chi connectivity index (χ0) is 9.46. The van der Waals surface area contributed by atoms with E-state index in [1.54, 1.807) is 0 Å². The Kier molecular flexibility index (Phi) is 6.81. The summed E-state index contributed by atoms with van der Waals surface area (Å²) in [5.74, 6) is -7.84. The molecule has 1 aliphatic carbocycles. The Morgan fingerprint density at radius 1 is 0.643 bits per heavy atom. The second-order valence-corrected chi connectivity index (χ2v) is 2.05. The van der Waals surface area contributed by atoms with Crippen LogP contribution in [0.1, 0.15) is 2.85 Å². The fourth-order valence-corrected chi connectivity index (χ4v) is 0.654. The Bertz CT molecular complexity index is 289. The van der Waals surface area contributed by atoms with Crippen molar-refractivity contribution in [2.75, 3.05) is 0 Å². The first-order valence-corrected chi connectivity index (χ1v) is 2.80. The van der Waals surface area contributed by atoms with E-state index in [0.717, 1.165) is 0 Å². The van der Waals surface area contributed by atoms with Crippen LogP contribution in [0.3, 0.4) is 0 Å². The van der Waals surface area contributed by atoms with Crippen molar-refractivity contribution in [2.45, 2.75) is 0 Å². The first-order valence-electron chi connectivity index (χ1n) is 2.80. The molecule has 0 amide bonds. The van der Waals surface area contributed by atoms with Crippen molar-refractivity contribution in [3.05, 3.63) is 23.0 Å². The number of aliphatic hydroxyl groups excluding tert-OH is 4. The van der Waals surface area contributed by atoms with Crippen molar-refractivity contribution in [3.63, 3.8) is 0 Å². The topological polar surface area (TPSA) is 115 Å². The summed E-state index contributed by atoms with van der Waals surface area (Å²) in [6, 6.07) is 0. The Labute approximate surface area is 125 Å². The predicted octanol–water partition coefficient (Wildman–Crippen LogP) is -5.97. The van der Waals surface area contributed by atoms with E-state index in [4.69, 9.17) is 20.4 Å². The summed E-state index contributed by atoms with van der Waals surface area (Å²) in [5.41, 5.74) is 0. The molecule has 0 heterocycles. The van der Waals surface area contributed by atoms with Gasteiger partial charge in [0, 0.05) is 0 Å².